The zero-order valence-corrected chi connectivity index (χ0v) is 15.7. The summed E-state index contributed by atoms with van der Waals surface area (Å²) in [6, 6.07) is 9.93. The van der Waals surface area contributed by atoms with Crippen molar-refractivity contribution in [2.45, 2.75) is 20.2 Å². The van der Waals surface area contributed by atoms with Gasteiger partial charge in [-0.2, -0.15) is 0 Å². The number of ether oxygens (including phenoxy) is 1. The number of rotatable bonds is 7. The maximum absolute atomic E-state index is 12.5. The smallest absolute Gasteiger partial charge is 0.257 e. The lowest BCUT2D eigenvalue weighted by Gasteiger charge is -2.12. The number of carbonyl (C=O) groups is 2. The predicted molar refractivity (Wildman–Crippen MR) is 105 cm³/mol. The fraction of sp³-hybridized carbons (Fsp3) is 0.143. The number of amides is 2. The van der Waals surface area contributed by atoms with Gasteiger partial charge in [0.05, 0.1) is 23.0 Å². The van der Waals surface area contributed by atoms with Crippen molar-refractivity contribution in [2.75, 3.05) is 5.32 Å². The first kappa shape index (κ1) is 19.9. The van der Waals surface area contributed by atoms with Crippen molar-refractivity contribution in [2.24, 2.45) is 5.73 Å². The molecule has 0 radical (unpaired) electrons. The first-order valence-corrected chi connectivity index (χ1v) is 8.75. The highest BCUT2D eigenvalue weighted by molar-refractivity contribution is 6.04. The average molecular weight is 394 g/mol. The average Bonchev–Trinajstić information content (AvgIpc) is 2.74. The number of nitrogens with zero attached hydrogens (tertiary/aromatic N) is 2. The molecule has 0 saturated heterocycles. The maximum Gasteiger partial charge on any atom is 0.257 e. The van der Waals surface area contributed by atoms with E-state index in [-0.39, 0.29) is 23.8 Å². The molecule has 2 heterocycles. The van der Waals surface area contributed by atoms with E-state index in [1.165, 1.54) is 36.8 Å². The fourth-order valence-electron chi connectivity index (χ4n) is 2.54. The van der Waals surface area contributed by atoms with E-state index < -0.39 is 12.6 Å². The topological polar surface area (TPSA) is 107 Å². The van der Waals surface area contributed by atoms with E-state index in [1.807, 2.05) is 13.0 Å². The lowest BCUT2D eigenvalue weighted by molar-refractivity contribution is 0.0996. The number of anilines is 1. The number of hydrogen-bond acceptors (Lipinski definition) is 5. The van der Waals surface area contributed by atoms with E-state index >= 15 is 0 Å². The largest absolute Gasteiger partial charge is 0.487 e. The number of primary amides is 1. The minimum atomic E-state index is -0.679. The van der Waals surface area contributed by atoms with Crippen molar-refractivity contribution in [3.63, 3.8) is 0 Å². The number of benzene rings is 1. The Labute approximate surface area is 166 Å². The Morgan fingerprint density at radius 1 is 1.10 bits per heavy atom. The molecule has 0 spiro atoms. The Morgan fingerprint density at radius 2 is 1.93 bits per heavy atom. The molecule has 3 N–H and O–H groups in total. The SMILES string of the molecule is Cc1ccc(NC(=O)c2ccc(CF)nc2)cc1COc1cncc(C(N)=O)c1. The number of halogens is 1. The van der Waals surface area contributed by atoms with Crippen molar-refractivity contribution in [3.05, 3.63) is 82.9 Å². The maximum atomic E-state index is 12.5. The third-order valence-electron chi connectivity index (χ3n) is 4.22. The molecule has 148 valence electrons. The van der Waals surface area contributed by atoms with E-state index in [0.29, 0.717) is 17.0 Å². The monoisotopic (exact) mass is 394 g/mol. The number of carbonyl (C=O) groups excluding carboxylic acids is 2. The van der Waals surface area contributed by atoms with E-state index in [9.17, 15) is 14.0 Å². The van der Waals surface area contributed by atoms with Crippen LogP contribution in [-0.2, 0) is 13.3 Å². The van der Waals surface area contributed by atoms with Gasteiger partial charge in [-0.3, -0.25) is 19.6 Å². The molecule has 0 atom stereocenters. The van der Waals surface area contributed by atoms with Crippen molar-refractivity contribution < 1.29 is 18.7 Å². The summed E-state index contributed by atoms with van der Waals surface area (Å²) in [5.41, 5.74) is 8.50. The van der Waals surface area contributed by atoms with Crippen LogP contribution in [0.5, 0.6) is 5.75 Å². The van der Waals surface area contributed by atoms with Gasteiger partial charge in [0.2, 0.25) is 5.91 Å². The Kier molecular flexibility index (Phi) is 6.13. The molecule has 3 aromatic rings. The quantitative estimate of drug-likeness (QED) is 0.640. The first-order valence-electron chi connectivity index (χ1n) is 8.75. The van der Waals surface area contributed by atoms with E-state index in [1.54, 1.807) is 12.1 Å². The van der Waals surface area contributed by atoms with Crippen LogP contribution in [0.3, 0.4) is 0 Å². The minimum absolute atomic E-state index is 0.214. The third kappa shape index (κ3) is 5.13. The van der Waals surface area contributed by atoms with Crippen molar-refractivity contribution in [1.29, 1.82) is 0 Å². The molecule has 1 aromatic carbocycles. The lowest BCUT2D eigenvalue weighted by Crippen LogP contribution is -2.13. The molecule has 7 nitrogen and oxygen atoms in total. The van der Waals surface area contributed by atoms with Gasteiger partial charge in [-0.1, -0.05) is 6.07 Å². The molecule has 0 bridgehead atoms. The van der Waals surface area contributed by atoms with Gasteiger partial charge in [-0.05, 0) is 48.4 Å². The van der Waals surface area contributed by atoms with Gasteiger partial charge in [-0.25, -0.2) is 4.39 Å². The van der Waals surface area contributed by atoms with Gasteiger partial charge < -0.3 is 15.8 Å². The van der Waals surface area contributed by atoms with Gasteiger partial charge in [-0.15, -0.1) is 0 Å². The zero-order chi connectivity index (χ0) is 20.8. The van der Waals surface area contributed by atoms with Gasteiger partial charge in [0, 0.05) is 18.1 Å². The Morgan fingerprint density at radius 3 is 2.62 bits per heavy atom. The van der Waals surface area contributed by atoms with Crippen LogP contribution in [0.2, 0.25) is 0 Å². The number of alkyl halides is 1. The first-order chi connectivity index (χ1) is 14.0. The van der Waals surface area contributed by atoms with Gasteiger partial charge in [0.25, 0.3) is 5.91 Å². The molecule has 0 aliphatic carbocycles. The number of aromatic nitrogens is 2. The van der Waals surface area contributed by atoms with Crippen molar-refractivity contribution in [3.8, 4) is 5.75 Å². The summed E-state index contributed by atoms with van der Waals surface area (Å²) in [4.78, 5) is 31.4. The van der Waals surface area contributed by atoms with Crippen LogP contribution >= 0.6 is 0 Å². The van der Waals surface area contributed by atoms with Crippen LogP contribution < -0.4 is 15.8 Å². The van der Waals surface area contributed by atoms with E-state index in [2.05, 4.69) is 15.3 Å². The van der Waals surface area contributed by atoms with E-state index in [4.69, 9.17) is 10.5 Å². The minimum Gasteiger partial charge on any atom is -0.487 e. The summed E-state index contributed by atoms with van der Waals surface area (Å²) >= 11 is 0. The second-order valence-electron chi connectivity index (χ2n) is 6.33. The summed E-state index contributed by atoms with van der Waals surface area (Å²) in [6.45, 7) is 1.45. The highest BCUT2D eigenvalue weighted by atomic mass is 19.1. The summed E-state index contributed by atoms with van der Waals surface area (Å²) in [5.74, 6) is -0.524. The molecular formula is C21H19FN4O3. The fourth-order valence-corrected chi connectivity index (χ4v) is 2.54. The van der Waals surface area contributed by atoms with Gasteiger partial charge in [0.15, 0.2) is 0 Å². The molecule has 8 heteroatoms. The zero-order valence-electron chi connectivity index (χ0n) is 15.7. The molecule has 0 fully saturated rings. The van der Waals surface area contributed by atoms with Crippen molar-refractivity contribution in [1.82, 2.24) is 9.97 Å². The number of hydrogen-bond donors (Lipinski definition) is 2. The molecule has 2 amide bonds. The van der Waals surface area contributed by atoms with Crippen molar-refractivity contribution >= 4 is 17.5 Å². The summed E-state index contributed by atoms with van der Waals surface area (Å²) in [7, 11) is 0. The number of nitrogens with one attached hydrogen (secondary N) is 1. The highest BCUT2D eigenvalue weighted by Crippen LogP contribution is 2.19. The number of aryl methyl sites for hydroxylation is 1. The lowest BCUT2D eigenvalue weighted by atomic mass is 10.1. The third-order valence-corrected chi connectivity index (χ3v) is 4.22. The number of nitrogens with two attached hydrogens (primary N) is 1. The second-order valence-corrected chi connectivity index (χ2v) is 6.33. The van der Waals surface area contributed by atoms with Gasteiger partial charge in [0.1, 0.15) is 19.0 Å². The number of pyridine rings is 2. The molecule has 0 aliphatic rings. The molecule has 0 saturated carbocycles. The molecule has 0 aliphatic heterocycles. The predicted octanol–water partition coefficient (Wildman–Crippen LogP) is 3.18. The van der Waals surface area contributed by atoms with Gasteiger partial charge >= 0.3 is 0 Å². The molecule has 29 heavy (non-hydrogen) atoms. The molecule has 2 aromatic heterocycles. The van der Waals surface area contributed by atoms with Crippen LogP contribution in [0, 0.1) is 6.92 Å². The summed E-state index contributed by atoms with van der Waals surface area (Å²) in [6.07, 6.45) is 4.19. The Bertz CT molecular complexity index is 1040. The highest BCUT2D eigenvalue weighted by Gasteiger charge is 2.09. The Hall–Kier alpha value is -3.81. The Balaban J connectivity index is 1.69. The molecular weight excluding hydrogens is 375 g/mol. The second kappa shape index (κ2) is 8.92. The van der Waals surface area contributed by atoms with Crippen LogP contribution in [0.15, 0.2) is 55.0 Å². The molecule has 0 unspecified atom stereocenters. The molecule has 3 rings (SSSR count). The van der Waals surface area contributed by atoms with E-state index in [0.717, 1.165) is 11.1 Å². The van der Waals surface area contributed by atoms with Crippen LogP contribution in [0.25, 0.3) is 0 Å². The van der Waals surface area contributed by atoms with Crippen LogP contribution in [0.4, 0.5) is 10.1 Å². The van der Waals surface area contributed by atoms with Crippen LogP contribution in [-0.4, -0.2) is 21.8 Å². The van der Waals surface area contributed by atoms with Crippen LogP contribution in [0.1, 0.15) is 37.5 Å². The summed E-state index contributed by atoms with van der Waals surface area (Å²) in [5, 5.41) is 2.78. The normalized spacial score (nSPS) is 10.4. The summed E-state index contributed by atoms with van der Waals surface area (Å²) < 4.78 is 18.2. The standard InChI is InChI=1S/C21H19FN4O3/c1-13-2-4-17(26-21(28)14-3-5-18(8-22)25-10-14)6-16(13)12-29-19-7-15(20(23)27)9-24-11-19/h2-7,9-11H,8,12H2,1H3,(H2,23,27)(H,26,28).